The number of aliphatic hydroxyl groups excluding tert-OH is 1. The van der Waals surface area contributed by atoms with Crippen LogP contribution < -0.4 is 4.90 Å². The first kappa shape index (κ1) is 13.3. The van der Waals surface area contributed by atoms with Crippen LogP contribution in [0, 0.1) is 0 Å². The lowest BCUT2D eigenvalue weighted by atomic mass is 10.1. The highest BCUT2D eigenvalue weighted by Gasteiger charge is 2.10. The first-order chi connectivity index (χ1) is 8.10. The van der Waals surface area contributed by atoms with E-state index in [0.717, 1.165) is 5.69 Å². The van der Waals surface area contributed by atoms with Crippen molar-refractivity contribution in [1.82, 2.24) is 0 Å². The second-order valence-corrected chi connectivity index (χ2v) is 3.72. The summed E-state index contributed by atoms with van der Waals surface area (Å²) in [5.74, 6) is -0.214. The van der Waals surface area contributed by atoms with Crippen LogP contribution in [-0.2, 0) is 0 Å². The molecule has 0 heterocycles. The predicted molar refractivity (Wildman–Crippen MR) is 67.6 cm³/mol. The van der Waals surface area contributed by atoms with Gasteiger partial charge in [-0.25, -0.2) is 0 Å². The van der Waals surface area contributed by atoms with Crippen molar-refractivity contribution < 1.29 is 15.0 Å². The highest BCUT2D eigenvalue weighted by molar-refractivity contribution is 5.97. The zero-order chi connectivity index (χ0) is 12.8. The fraction of sp³-hybridized carbons (Fsp3) is 0.308. The Hall–Kier alpha value is -1.81. The van der Waals surface area contributed by atoms with Crippen molar-refractivity contribution in [1.29, 1.82) is 0 Å². The molecule has 0 saturated carbocycles. The van der Waals surface area contributed by atoms with E-state index in [9.17, 15) is 9.90 Å². The Morgan fingerprint density at radius 1 is 1.53 bits per heavy atom. The number of carbonyl (C=O) groups is 1. The number of rotatable bonds is 6. The van der Waals surface area contributed by atoms with Crippen LogP contribution in [0.2, 0.25) is 0 Å². The Balaban J connectivity index is 3.01. The lowest BCUT2D eigenvalue weighted by molar-refractivity contribution is 0.101. The van der Waals surface area contributed by atoms with Crippen LogP contribution in [0.3, 0.4) is 0 Å². The Bertz CT molecular complexity index is 415. The third kappa shape index (κ3) is 3.32. The minimum atomic E-state index is -0.175. The SMILES string of the molecule is C=CCN(CCO)c1ccc(C(C)=O)c(O)c1. The molecule has 0 bridgehead atoms. The molecule has 0 aromatic heterocycles. The number of phenolic OH excluding ortho intramolecular Hbond substituents is 1. The van der Waals surface area contributed by atoms with Gasteiger partial charge in [-0.05, 0) is 19.1 Å². The standard InChI is InChI=1S/C13H17NO3/c1-3-6-14(7-8-15)11-4-5-12(10(2)16)13(17)9-11/h3-5,9,15,17H,1,6-8H2,2H3. The van der Waals surface area contributed by atoms with Crippen molar-refractivity contribution in [3.05, 3.63) is 36.4 Å². The Morgan fingerprint density at radius 3 is 2.71 bits per heavy atom. The van der Waals surface area contributed by atoms with Crippen LogP contribution in [0.5, 0.6) is 5.75 Å². The summed E-state index contributed by atoms with van der Waals surface area (Å²) in [5.41, 5.74) is 1.05. The average molecular weight is 235 g/mol. The molecule has 4 heteroatoms. The summed E-state index contributed by atoms with van der Waals surface area (Å²) in [6.45, 7) is 6.08. The average Bonchev–Trinajstić information content (AvgIpc) is 2.28. The van der Waals surface area contributed by atoms with E-state index in [1.54, 1.807) is 18.2 Å². The maximum atomic E-state index is 11.2. The van der Waals surface area contributed by atoms with Crippen LogP contribution in [0.15, 0.2) is 30.9 Å². The molecule has 0 aliphatic heterocycles. The number of Topliss-reactive ketones (excluding diaryl/α,β-unsaturated/α-hetero) is 1. The number of phenols is 1. The molecule has 0 unspecified atom stereocenters. The topological polar surface area (TPSA) is 60.8 Å². The Labute approximate surface area is 101 Å². The number of aliphatic hydroxyl groups is 1. The van der Waals surface area contributed by atoms with Crippen LogP contribution in [0.4, 0.5) is 5.69 Å². The van der Waals surface area contributed by atoms with Crippen molar-refractivity contribution in [2.24, 2.45) is 0 Å². The number of hydrogen-bond acceptors (Lipinski definition) is 4. The number of hydrogen-bond donors (Lipinski definition) is 2. The van der Waals surface area contributed by atoms with E-state index in [-0.39, 0.29) is 18.1 Å². The van der Waals surface area contributed by atoms with Gasteiger partial charge in [-0.3, -0.25) is 4.79 Å². The van der Waals surface area contributed by atoms with Gasteiger partial charge in [-0.1, -0.05) is 6.08 Å². The van der Waals surface area contributed by atoms with Gasteiger partial charge in [0, 0.05) is 24.8 Å². The van der Waals surface area contributed by atoms with E-state index < -0.39 is 0 Å². The summed E-state index contributed by atoms with van der Waals surface area (Å²) in [4.78, 5) is 13.0. The molecule has 1 rings (SSSR count). The fourth-order valence-corrected chi connectivity index (χ4v) is 1.62. The molecule has 17 heavy (non-hydrogen) atoms. The first-order valence-corrected chi connectivity index (χ1v) is 5.40. The van der Waals surface area contributed by atoms with Gasteiger partial charge in [-0.2, -0.15) is 0 Å². The van der Waals surface area contributed by atoms with Crippen molar-refractivity contribution in [2.45, 2.75) is 6.92 Å². The van der Waals surface area contributed by atoms with Crippen LogP contribution >= 0.6 is 0 Å². The molecule has 92 valence electrons. The molecule has 0 amide bonds. The van der Waals surface area contributed by atoms with Gasteiger partial charge < -0.3 is 15.1 Å². The first-order valence-electron chi connectivity index (χ1n) is 5.40. The third-order valence-electron chi connectivity index (χ3n) is 2.45. The normalized spacial score (nSPS) is 10.0. The highest BCUT2D eigenvalue weighted by Crippen LogP contribution is 2.24. The summed E-state index contributed by atoms with van der Waals surface area (Å²) in [7, 11) is 0. The van der Waals surface area contributed by atoms with E-state index >= 15 is 0 Å². The lowest BCUT2D eigenvalue weighted by Crippen LogP contribution is -2.26. The lowest BCUT2D eigenvalue weighted by Gasteiger charge is -2.22. The van der Waals surface area contributed by atoms with Crippen LogP contribution in [-0.4, -0.2) is 35.7 Å². The highest BCUT2D eigenvalue weighted by atomic mass is 16.3. The van der Waals surface area contributed by atoms with Gasteiger partial charge in [0.05, 0.1) is 12.2 Å². The zero-order valence-electron chi connectivity index (χ0n) is 9.89. The molecule has 0 radical (unpaired) electrons. The van der Waals surface area contributed by atoms with E-state index in [1.807, 2.05) is 4.90 Å². The van der Waals surface area contributed by atoms with Crippen molar-refractivity contribution in [3.63, 3.8) is 0 Å². The molecule has 1 aromatic carbocycles. The zero-order valence-corrected chi connectivity index (χ0v) is 9.89. The minimum Gasteiger partial charge on any atom is -0.507 e. The van der Waals surface area contributed by atoms with Crippen molar-refractivity contribution in [2.75, 3.05) is 24.6 Å². The number of carbonyl (C=O) groups excluding carboxylic acids is 1. The molecule has 0 spiro atoms. The van der Waals surface area contributed by atoms with E-state index in [0.29, 0.717) is 18.7 Å². The number of benzene rings is 1. The number of ketones is 1. The Morgan fingerprint density at radius 2 is 2.24 bits per heavy atom. The molecule has 0 aliphatic rings. The number of nitrogens with zero attached hydrogens (tertiary/aromatic N) is 1. The molecule has 0 atom stereocenters. The summed E-state index contributed by atoms with van der Waals surface area (Å²) < 4.78 is 0. The minimum absolute atomic E-state index is 0.0169. The van der Waals surface area contributed by atoms with Crippen molar-refractivity contribution >= 4 is 11.5 Å². The second kappa shape index (κ2) is 6.06. The van der Waals surface area contributed by atoms with E-state index in [2.05, 4.69) is 6.58 Å². The van der Waals surface area contributed by atoms with Crippen LogP contribution in [0.1, 0.15) is 17.3 Å². The third-order valence-corrected chi connectivity index (χ3v) is 2.45. The van der Waals surface area contributed by atoms with Gasteiger partial charge >= 0.3 is 0 Å². The Kier molecular flexibility index (Phi) is 4.72. The molecular formula is C13H17NO3. The molecule has 0 aliphatic carbocycles. The predicted octanol–water partition coefficient (Wildman–Crippen LogP) is 1.58. The summed E-state index contributed by atoms with van der Waals surface area (Å²) in [6, 6.07) is 4.85. The van der Waals surface area contributed by atoms with Gasteiger partial charge in [-0.15, -0.1) is 6.58 Å². The monoisotopic (exact) mass is 235 g/mol. The summed E-state index contributed by atoms with van der Waals surface area (Å²) >= 11 is 0. The molecule has 1 aromatic rings. The molecule has 0 fully saturated rings. The smallest absolute Gasteiger partial charge is 0.163 e. The quantitative estimate of drug-likeness (QED) is 0.580. The summed E-state index contributed by atoms with van der Waals surface area (Å²) in [5, 5.41) is 18.7. The molecule has 0 saturated heterocycles. The summed E-state index contributed by atoms with van der Waals surface area (Å²) in [6.07, 6.45) is 1.71. The van der Waals surface area contributed by atoms with Gasteiger partial charge in [0.25, 0.3) is 0 Å². The van der Waals surface area contributed by atoms with Gasteiger partial charge in [0.2, 0.25) is 0 Å². The van der Waals surface area contributed by atoms with Crippen molar-refractivity contribution in [3.8, 4) is 5.75 Å². The number of anilines is 1. The van der Waals surface area contributed by atoms with Crippen LogP contribution in [0.25, 0.3) is 0 Å². The maximum absolute atomic E-state index is 11.2. The van der Waals surface area contributed by atoms with E-state index in [1.165, 1.54) is 13.0 Å². The van der Waals surface area contributed by atoms with Gasteiger partial charge in [0.15, 0.2) is 5.78 Å². The fourth-order valence-electron chi connectivity index (χ4n) is 1.62. The van der Waals surface area contributed by atoms with Gasteiger partial charge in [0.1, 0.15) is 5.75 Å². The number of aromatic hydroxyl groups is 1. The molecule has 4 nitrogen and oxygen atoms in total. The molecular weight excluding hydrogens is 218 g/mol. The van der Waals surface area contributed by atoms with E-state index in [4.69, 9.17) is 5.11 Å². The molecule has 2 N–H and O–H groups in total. The second-order valence-electron chi connectivity index (χ2n) is 3.72. The largest absolute Gasteiger partial charge is 0.507 e. The maximum Gasteiger partial charge on any atom is 0.163 e.